The van der Waals surface area contributed by atoms with Crippen LogP contribution in [0.25, 0.3) is 5.57 Å². The molecule has 0 aliphatic carbocycles. The quantitative estimate of drug-likeness (QED) is 0.440. The molecule has 0 unspecified atom stereocenters. The Kier molecular flexibility index (Phi) is 8.86. The van der Waals surface area contributed by atoms with Crippen LogP contribution in [0.5, 0.6) is 0 Å². The molecule has 6 heteroatoms. The van der Waals surface area contributed by atoms with E-state index in [1.165, 1.54) is 23.6 Å². The van der Waals surface area contributed by atoms with Gasteiger partial charge in [-0.1, -0.05) is 29.8 Å². The second-order valence-electron chi connectivity index (χ2n) is 9.43. The molecule has 1 aromatic heterocycles. The summed E-state index contributed by atoms with van der Waals surface area (Å²) >= 11 is 0. The summed E-state index contributed by atoms with van der Waals surface area (Å²) in [6.07, 6.45) is 5.62. The number of rotatable bonds is 8. The zero-order valence-corrected chi connectivity index (χ0v) is 22.0. The van der Waals surface area contributed by atoms with Crippen molar-refractivity contribution in [3.8, 4) is 0 Å². The molecule has 0 spiro atoms. The molecule has 37 heavy (non-hydrogen) atoms. The average molecular weight is 497 g/mol. The highest BCUT2D eigenvalue weighted by molar-refractivity contribution is 5.95. The highest BCUT2D eigenvalue weighted by atomic mass is 16.2. The molecule has 1 fully saturated rings. The van der Waals surface area contributed by atoms with Crippen molar-refractivity contribution in [3.05, 3.63) is 101 Å². The van der Waals surface area contributed by atoms with Gasteiger partial charge in [-0.15, -0.1) is 0 Å². The van der Waals surface area contributed by atoms with Crippen LogP contribution in [-0.4, -0.2) is 52.8 Å². The van der Waals surface area contributed by atoms with E-state index in [0.717, 1.165) is 49.3 Å². The topological polar surface area (TPSA) is 65.5 Å². The van der Waals surface area contributed by atoms with Gasteiger partial charge in [-0.25, -0.2) is 0 Å². The van der Waals surface area contributed by atoms with Gasteiger partial charge in [0.2, 0.25) is 5.91 Å². The fourth-order valence-electron chi connectivity index (χ4n) is 4.98. The van der Waals surface area contributed by atoms with Gasteiger partial charge in [0.05, 0.1) is 0 Å². The van der Waals surface area contributed by atoms with E-state index < -0.39 is 0 Å². The molecule has 0 atom stereocenters. The predicted molar refractivity (Wildman–Crippen MR) is 149 cm³/mol. The lowest BCUT2D eigenvalue weighted by atomic mass is 9.87. The number of hydrogen-bond acceptors (Lipinski definition) is 4. The zero-order valence-electron chi connectivity index (χ0n) is 22.0. The fraction of sp³-hybridized carbons (Fsp3) is 0.323. The second kappa shape index (κ2) is 12.5. The molecule has 1 saturated heterocycles. The Labute approximate surface area is 220 Å². The van der Waals surface area contributed by atoms with Crippen LogP contribution < -0.4 is 5.32 Å². The molecule has 6 nitrogen and oxygen atoms in total. The van der Waals surface area contributed by atoms with E-state index in [2.05, 4.69) is 45.5 Å². The van der Waals surface area contributed by atoms with Crippen LogP contribution in [-0.2, 0) is 11.3 Å². The number of nitrogens with zero attached hydrogens (tertiary/aromatic N) is 3. The molecular weight excluding hydrogens is 460 g/mol. The van der Waals surface area contributed by atoms with Gasteiger partial charge in [-0.3, -0.25) is 19.5 Å². The maximum absolute atomic E-state index is 12.9. The van der Waals surface area contributed by atoms with E-state index in [1.807, 2.05) is 61.5 Å². The number of nitrogens with one attached hydrogen (secondary N) is 1. The molecule has 2 aromatic carbocycles. The Morgan fingerprint density at radius 1 is 0.892 bits per heavy atom. The lowest BCUT2D eigenvalue weighted by Crippen LogP contribution is -2.30. The summed E-state index contributed by atoms with van der Waals surface area (Å²) in [6, 6.07) is 20.2. The average Bonchev–Trinajstić information content (AvgIpc) is 2.91. The lowest BCUT2D eigenvalue weighted by molar-refractivity contribution is -0.114. The Bertz CT molecular complexity index is 1240. The van der Waals surface area contributed by atoms with Crippen LogP contribution in [0.1, 0.15) is 60.7 Å². The molecule has 0 saturated carbocycles. The van der Waals surface area contributed by atoms with Crippen LogP contribution in [0.15, 0.2) is 78.6 Å². The summed E-state index contributed by atoms with van der Waals surface area (Å²) in [5.74, 6) is -0.0298. The number of hydrogen-bond donors (Lipinski definition) is 1. The standard InChI is InChI=1S/C31H36N4O2/c1-4-35(5-2)31(37)27-11-9-25(10-12-27)30(28-7-6-8-29(21-28)33-23(3)36)26-15-19-34(20-16-26)22-24-13-17-32-18-14-24/h6-14,17-18,21H,4-5,15-16,19-20,22H2,1-3H3,(H,33,36). The van der Waals surface area contributed by atoms with Gasteiger partial charge in [0.1, 0.15) is 0 Å². The monoisotopic (exact) mass is 496 g/mol. The first-order chi connectivity index (χ1) is 18.0. The van der Waals surface area contributed by atoms with Crippen molar-refractivity contribution in [3.63, 3.8) is 0 Å². The highest BCUT2D eigenvalue weighted by Gasteiger charge is 2.20. The first-order valence-corrected chi connectivity index (χ1v) is 13.1. The molecule has 0 radical (unpaired) electrons. The second-order valence-corrected chi connectivity index (χ2v) is 9.43. The summed E-state index contributed by atoms with van der Waals surface area (Å²) in [5, 5.41) is 2.91. The number of aromatic nitrogens is 1. The van der Waals surface area contributed by atoms with Crippen molar-refractivity contribution >= 4 is 23.1 Å². The van der Waals surface area contributed by atoms with Crippen molar-refractivity contribution in [2.45, 2.75) is 40.2 Å². The third-order valence-corrected chi connectivity index (χ3v) is 6.91. The number of carbonyl (C=O) groups is 2. The maximum atomic E-state index is 12.9. The third-order valence-electron chi connectivity index (χ3n) is 6.91. The Morgan fingerprint density at radius 2 is 1.54 bits per heavy atom. The van der Waals surface area contributed by atoms with Gasteiger partial charge >= 0.3 is 0 Å². The summed E-state index contributed by atoms with van der Waals surface area (Å²) in [7, 11) is 0. The van der Waals surface area contributed by atoms with Crippen LogP contribution in [0.2, 0.25) is 0 Å². The summed E-state index contributed by atoms with van der Waals surface area (Å²) in [6.45, 7) is 9.79. The summed E-state index contributed by atoms with van der Waals surface area (Å²) in [4.78, 5) is 33.0. The SMILES string of the molecule is CCN(CC)C(=O)c1ccc(C(=C2CCN(Cc3ccncc3)CC2)c2cccc(NC(C)=O)c2)cc1. The van der Waals surface area contributed by atoms with E-state index in [0.29, 0.717) is 18.7 Å². The fourth-order valence-corrected chi connectivity index (χ4v) is 4.98. The molecule has 1 aliphatic rings. The van der Waals surface area contributed by atoms with E-state index in [9.17, 15) is 9.59 Å². The lowest BCUT2D eigenvalue weighted by Gasteiger charge is -2.30. The van der Waals surface area contributed by atoms with E-state index in [-0.39, 0.29) is 11.8 Å². The van der Waals surface area contributed by atoms with Gasteiger partial charge in [0, 0.05) is 63.3 Å². The van der Waals surface area contributed by atoms with Gasteiger partial charge < -0.3 is 10.2 Å². The van der Waals surface area contributed by atoms with Crippen LogP contribution in [0.3, 0.4) is 0 Å². The maximum Gasteiger partial charge on any atom is 0.253 e. The van der Waals surface area contributed by atoms with E-state index >= 15 is 0 Å². The van der Waals surface area contributed by atoms with Crippen molar-refractivity contribution in [1.29, 1.82) is 0 Å². The number of anilines is 1. The first-order valence-electron chi connectivity index (χ1n) is 13.1. The molecule has 3 aromatic rings. The Hall–Kier alpha value is -3.77. The smallest absolute Gasteiger partial charge is 0.253 e. The molecule has 2 amide bonds. The minimum atomic E-state index is -0.0879. The Morgan fingerprint density at radius 3 is 2.16 bits per heavy atom. The van der Waals surface area contributed by atoms with Gasteiger partial charge in [-0.2, -0.15) is 0 Å². The largest absolute Gasteiger partial charge is 0.339 e. The van der Waals surface area contributed by atoms with Gasteiger partial charge in [-0.05, 0) is 85.4 Å². The minimum absolute atomic E-state index is 0.0582. The molecule has 4 rings (SSSR count). The molecular formula is C31H36N4O2. The van der Waals surface area contributed by atoms with E-state index in [1.54, 1.807) is 0 Å². The molecule has 1 aliphatic heterocycles. The van der Waals surface area contributed by atoms with Crippen LogP contribution >= 0.6 is 0 Å². The number of amides is 2. The number of pyridine rings is 1. The van der Waals surface area contributed by atoms with Crippen molar-refractivity contribution in [1.82, 2.24) is 14.8 Å². The van der Waals surface area contributed by atoms with Crippen molar-refractivity contribution in [2.75, 3.05) is 31.5 Å². The van der Waals surface area contributed by atoms with Crippen LogP contribution in [0, 0.1) is 0 Å². The van der Waals surface area contributed by atoms with Crippen molar-refractivity contribution < 1.29 is 9.59 Å². The van der Waals surface area contributed by atoms with Gasteiger partial charge in [0.15, 0.2) is 0 Å². The third kappa shape index (κ3) is 6.71. The molecule has 1 N–H and O–H groups in total. The molecule has 0 bridgehead atoms. The summed E-state index contributed by atoms with van der Waals surface area (Å²) < 4.78 is 0. The first kappa shape index (κ1) is 26.3. The molecule has 192 valence electrons. The normalized spacial score (nSPS) is 13.8. The van der Waals surface area contributed by atoms with Gasteiger partial charge in [0.25, 0.3) is 5.91 Å². The minimum Gasteiger partial charge on any atom is -0.339 e. The number of benzene rings is 2. The van der Waals surface area contributed by atoms with Crippen molar-refractivity contribution in [2.24, 2.45) is 0 Å². The molecule has 2 heterocycles. The number of piperidine rings is 1. The summed E-state index contributed by atoms with van der Waals surface area (Å²) in [5.41, 5.74) is 7.52. The number of likely N-dealkylation sites (tertiary alicyclic amines) is 1. The van der Waals surface area contributed by atoms with Crippen LogP contribution in [0.4, 0.5) is 5.69 Å². The Balaban J connectivity index is 1.64. The zero-order chi connectivity index (χ0) is 26.2. The van der Waals surface area contributed by atoms with E-state index in [4.69, 9.17) is 0 Å². The predicted octanol–water partition coefficient (Wildman–Crippen LogP) is 5.62. The number of carbonyl (C=O) groups excluding carboxylic acids is 2. The highest BCUT2D eigenvalue weighted by Crippen LogP contribution is 2.34.